The topological polar surface area (TPSA) is 41.6 Å². The second-order valence-electron chi connectivity index (χ2n) is 6.28. The predicted molar refractivity (Wildman–Crippen MR) is 81.2 cm³/mol. The number of rotatable bonds is 2. The first kappa shape index (κ1) is 14.7. The van der Waals surface area contributed by atoms with E-state index in [1.165, 1.54) is 5.56 Å². The molecule has 1 aromatic rings. The molecule has 1 atom stereocenters. The smallest absolute Gasteiger partial charge is 0.410 e. The highest BCUT2D eigenvalue weighted by Gasteiger charge is 2.30. The summed E-state index contributed by atoms with van der Waals surface area (Å²) in [6, 6.07) is 8.42. The second-order valence-corrected chi connectivity index (χ2v) is 6.28. The van der Waals surface area contributed by atoms with Crippen LogP contribution in [-0.4, -0.2) is 36.7 Å². The van der Waals surface area contributed by atoms with Crippen molar-refractivity contribution >= 4 is 11.8 Å². The van der Waals surface area contributed by atoms with Crippen molar-refractivity contribution < 1.29 is 9.53 Å². The first-order valence-electron chi connectivity index (χ1n) is 7.14. The maximum Gasteiger partial charge on any atom is 0.410 e. The number of anilines is 1. The number of hydrogen-bond donors (Lipinski definition) is 1. The minimum Gasteiger partial charge on any atom is -0.444 e. The first-order valence-corrected chi connectivity index (χ1v) is 7.14. The average molecular weight is 276 g/mol. The molecule has 0 bridgehead atoms. The molecule has 20 heavy (non-hydrogen) atoms. The summed E-state index contributed by atoms with van der Waals surface area (Å²) in [5.74, 6) is 0.411. The van der Waals surface area contributed by atoms with Crippen LogP contribution in [0.2, 0.25) is 0 Å². The van der Waals surface area contributed by atoms with Crippen LogP contribution in [0, 0.1) is 0 Å². The van der Waals surface area contributed by atoms with Crippen LogP contribution < -0.4 is 5.32 Å². The van der Waals surface area contributed by atoms with Crippen molar-refractivity contribution in [3.8, 4) is 0 Å². The first-order chi connectivity index (χ1) is 9.39. The van der Waals surface area contributed by atoms with Crippen LogP contribution >= 0.6 is 0 Å². The lowest BCUT2D eigenvalue weighted by Crippen LogP contribution is -2.35. The summed E-state index contributed by atoms with van der Waals surface area (Å²) in [4.78, 5) is 13.8. The minimum atomic E-state index is -0.427. The largest absolute Gasteiger partial charge is 0.444 e. The number of carbonyl (C=O) groups is 1. The lowest BCUT2D eigenvalue weighted by atomic mass is 9.98. The summed E-state index contributed by atoms with van der Waals surface area (Å²) in [7, 11) is 1.91. The fraction of sp³-hybridized carbons (Fsp3) is 0.562. The fourth-order valence-corrected chi connectivity index (χ4v) is 2.45. The molecule has 1 amide bonds. The lowest BCUT2D eigenvalue weighted by Gasteiger charge is -2.24. The molecule has 1 saturated heterocycles. The SMILES string of the molecule is CNc1ccc([C@@H]2CCN(C(=O)OC(C)(C)C)C2)cc1. The number of ether oxygens (including phenoxy) is 1. The summed E-state index contributed by atoms with van der Waals surface area (Å²) >= 11 is 0. The van der Waals surface area contributed by atoms with E-state index >= 15 is 0 Å². The molecule has 0 aromatic heterocycles. The van der Waals surface area contributed by atoms with Crippen LogP contribution in [0.5, 0.6) is 0 Å². The summed E-state index contributed by atoms with van der Waals surface area (Å²) in [5, 5.41) is 3.11. The highest BCUT2D eigenvalue weighted by molar-refractivity contribution is 5.68. The van der Waals surface area contributed by atoms with Gasteiger partial charge in [0, 0.05) is 31.7 Å². The Hall–Kier alpha value is -1.71. The maximum absolute atomic E-state index is 12.0. The van der Waals surface area contributed by atoms with Crippen LogP contribution in [0.1, 0.15) is 38.7 Å². The molecule has 0 spiro atoms. The third-order valence-electron chi connectivity index (χ3n) is 3.51. The van der Waals surface area contributed by atoms with E-state index in [0.717, 1.165) is 25.2 Å². The number of nitrogens with zero attached hydrogens (tertiary/aromatic N) is 1. The molecule has 1 aromatic carbocycles. The van der Waals surface area contributed by atoms with E-state index in [2.05, 4.69) is 29.6 Å². The molecule has 4 nitrogen and oxygen atoms in total. The van der Waals surface area contributed by atoms with Crippen molar-refractivity contribution in [2.45, 2.75) is 38.7 Å². The summed E-state index contributed by atoms with van der Waals surface area (Å²) in [6.07, 6.45) is 0.796. The van der Waals surface area contributed by atoms with Gasteiger partial charge in [-0.1, -0.05) is 12.1 Å². The molecule has 1 fully saturated rings. The Labute approximate surface area is 121 Å². The average Bonchev–Trinajstić information content (AvgIpc) is 2.86. The molecule has 0 unspecified atom stereocenters. The van der Waals surface area contributed by atoms with Crippen molar-refractivity contribution in [3.63, 3.8) is 0 Å². The van der Waals surface area contributed by atoms with Gasteiger partial charge >= 0.3 is 6.09 Å². The van der Waals surface area contributed by atoms with E-state index < -0.39 is 5.60 Å². The molecule has 1 aliphatic rings. The van der Waals surface area contributed by atoms with Crippen LogP contribution in [0.4, 0.5) is 10.5 Å². The van der Waals surface area contributed by atoms with Crippen molar-refractivity contribution in [3.05, 3.63) is 29.8 Å². The van der Waals surface area contributed by atoms with Gasteiger partial charge in [0.1, 0.15) is 5.60 Å². The van der Waals surface area contributed by atoms with E-state index in [4.69, 9.17) is 4.74 Å². The molecule has 1 aliphatic heterocycles. The van der Waals surface area contributed by atoms with Gasteiger partial charge in [-0.05, 0) is 44.9 Å². The molecule has 110 valence electrons. The molecule has 1 heterocycles. The molecule has 2 rings (SSSR count). The molecule has 0 radical (unpaired) electrons. The quantitative estimate of drug-likeness (QED) is 0.899. The van der Waals surface area contributed by atoms with Crippen LogP contribution in [-0.2, 0) is 4.74 Å². The zero-order chi connectivity index (χ0) is 14.8. The van der Waals surface area contributed by atoms with Crippen LogP contribution in [0.3, 0.4) is 0 Å². The predicted octanol–water partition coefficient (Wildman–Crippen LogP) is 3.45. The van der Waals surface area contributed by atoms with Gasteiger partial charge in [-0.2, -0.15) is 0 Å². The third-order valence-corrected chi connectivity index (χ3v) is 3.51. The zero-order valence-corrected chi connectivity index (χ0v) is 12.8. The summed E-state index contributed by atoms with van der Waals surface area (Å²) in [6.45, 7) is 7.21. The Morgan fingerprint density at radius 3 is 2.50 bits per heavy atom. The van der Waals surface area contributed by atoms with Gasteiger partial charge in [0.05, 0.1) is 0 Å². The molecule has 0 saturated carbocycles. The summed E-state index contributed by atoms with van der Waals surface area (Å²) < 4.78 is 5.42. The number of amides is 1. The van der Waals surface area contributed by atoms with E-state index in [1.807, 2.05) is 32.7 Å². The third kappa shape index (κ3) is 3.65. The van der Waals surface area contributed by atoms with Gasteiger partial charge in [-0.25, -0.2) is 4.79 Å². The van der Waals surface area contributed by atoms with Crippen molar-refractivity contribution in [1.29, 1.82) is 0 Å². The van der Waals surface area contributed by atoms with Crippen molar-refractivity contribution in [1.82, 2.24) is 4.90 Å². The van der Waals surface area contributed by atoms with Gasteiger partial charge in [0.25, 0.3) is 0 Å². The van der Waals surface area contributed by atoms with E-state index in [0.29, 0.717) is 5.92 Å². The normalized spacial score (nSPS) is 19.0. The minimum absolute atomic E-state index is 0.202. The number of carbonyl (C=O) groups excluding carboxylic acids is 1. The van der Waals surface area contributed by atoms with Gasteiger partial charge < -0.3 is 15.0 Å². The Morgan fingerprint density at radius 2 is 1.95 bits per heavy atom. The van der Waals surface area contributed by atoms with E-state index in [1.54, 1.807) is 0 Å². The number of likely N-dealkylation sites (tertiary alicyclic amines) is 1. The Bertz CT molecular complexity index is 462. The van der Waals surface area contributed by atoms with E-state index in [9.17, 15) is 4.79 Å². The molecular formula is C16H24N2O2. The van der Waals surface area contributed by atoms with Crippen LogP contribution in [0.15, 0.2) is 24.3 Å². The van der Waals surface area contributed by atoms with Gasteiger partial charge in [-0.15, -0.1) is 0 Å². The van der Waals surface area contributed by atoms with Crippen molar-refractivity contribution in [2.24, 2.45) is 0 Å². The number of hydrogen-bond acceptors (Lipinski definition) is 3. The standard InChI is InChI=1S/C16H24N2O2/c1-16(2,3)20-15(19)18-10-9-13(11-18)12-5-7-14(17-4)8-6-12/h5-8,13,17H,9-11H2,1-4H3/t13-/m1/s1. The monoisotopic (exact) mass is 276 g/mol. The molecule has 4 heteroatoms. The fourth-order valence-electron chi connectivity index (χ4n) is 2.45. The molecule has 0 aliphatic carbocycles. The van der Waals surface area contributed by atoms with E-state index in [-0.39, 0.29) is 6.09 Å². The molecular weight excluding hydrogens is 252 g/mol. The summed E-state index contributed by atoms with van der Waals surface area (Å²) in [5.41, 5.74) is 1.97. The number of benzene rings is 1. The van der Waals surface area contributed by atoms with Crippen molar-refractivity contribution in [2.75, 3.05) is 25.5 Å². The highest BCUT2D eigenvalue weighted by Crippen LogP contribution is 2.28. The Kier molecular flexibility index (Phi) is 4.21. The second kappa shape index (κ2) is 5.73. The Morgan fingerprint density at radius 1 is 1.30 bits per heavy atom. The maximum atomic E-state index is 12.0. The Balaban J connectivity index is 1.96. The zero-order valence-electron chi connectivity index (χ0n) is 12.8. The lowest BCUT2D eigenvalue weighted by molar-refractivity contribution is 0.0292. The highest BCUT2D eigenvalue weighted by atomic mass is 16.6. The molecule has 1 N–H and O–H groups in total. The van der Waals surface area contributed by atoms with Crippen LogP contribution in [0.25, 0.3) is 0 Å². The van der Waals surface area contributed by atoms with Gasteiger partial charge in [0.2, 0.25) is 0 Å². The van der Waals surface area contributed by atoms with Gasteiger partial charge in [0.15, 0.2) is 0 Å². The number of nitrogens with one attached hydrogen (secondary N) is 1. The van der Waals surface area contributed by atoms with Gasteiger partial charge in [-0.3, -0.25) is 0 Å².